The first-order valence-electron chi connectivity index (χ1n) is 9.00. The number of carbonyl (C=O) groups is 1. The second-order valence-electron chi connectivity index (χ2n) is 7.03. The quantitative estimate of drug-likeness (QED) is 0.816. The molecule has 0 unspecified atom stereocenters. The maximum Gasteiger partial charge on any atom is 0.248 e. The van der Waals surface area contributed by atoms with Gasteiger partial charge >= 0.3 is 0 Å². The smallest absolute Gasteiger partial charge is 0.248 e. The molecule has 3 N–H and O–H groups in total. The van der Waals surface area contributed by atoms with E-state index in [-0.39, 0.29) is 5.91 Å². The fourth-order valence-electron chi connectivity index (χ4n) is 3.59. The third-order valence-electron chi connectivity index (χ3n) is 4.97. The first-order valence-corrected chi connectivity index (χ1v) is 9.00. The summed E-state index contributed by atoms with van der Waals surface area (Å²) in [4.78, 5) is 13.8. The highest BCUT2D eigenvalue weighted by molar-refractivity contribution is 5.92. The van der Waals surface area contributed by atoms with E-state index in [9.17, 15) is 4.79 Å². The van der Waals surface area contributed by atoms with Gasteiger partial charge in [0.25, 0.3) is 0 Å². The van der Waals surface area contributed by atoms with Crippen LogP contribution in [0.4, 0.5) is 0 Å². The van der Waals surface area contributed by atoms with Crippen LogP contribution in [0.2, 0.25) is 0 Å². The summed E-state index contributed by atoms with van der Waals surface area (Å²) >= 11 is 0. The van der Waals surface area contributed by atoms with Gasteiger partial charge in [-0.3, -0.25) is 9.69 Å². The molecule has 2 aromatic rings. The number of likely N-dealkylation sites (tertiary alicyclic amines) is 1. The van der Waals surface area contributed by atoms with Crippen LogP contribution in [0.1, 0.15) is 28.4 Å². The molecule has 1 heterocycles. The van der Waals surface area contributed by atoms with Gasteiger partial charge in [-0.1, -0.05) is 49.4 Å². The molecule has 4 heteroatoms. The summed E-state index contributed by atoms with van der Waals surface area (Å²) in [6, 6.07) is 18.8. The van der Waals surface area contributed by atoms with Gasteiger partial charge in [-0.05, 0) is 42.1 Å². The maximum absolute atomic E-state index is 11.3. The molecule has 0 aromatic heterocycles. The molecular weight excluding hydrogens is 310 g/mol. The summed E-state index contributed by atoms with van der Waals surface area (Å²) < 4.78 is 0. The molecule has 0 saturated carbocycles. The van der Waals surface area contributed by atoms with Gasteiger partial charge < -0.3 is 11.1 Å². The van der Waals surface area contributed by atoms with Crippen molar-refractivity contribution < 1.29 is 4.79 Å². The minimum Gasteiger partial charge on any atom is -0.366 e. The normalized spacial score (nSPS) is 20.7. The highest BCUT2D eigenvalue weighted by Crippen LogP contribution is 2.19. The van der Waals surface area contributed by atoms with Crippen LogP contribution in [-0.2, 0) is 13.0 Å². The number of nitrogens with two attached hydrogens (primary N) is 1. The molecule has 1 aliphatic heterocycles. The van der Waals surface area contributed by atoms with Gasteiger partial charge in [0.15, 0.2) is 0 Å². The predicted molar refractivity (Wildman–Crippen MR) is 101 cm³/mol. The Morgan fingerprint density at radius 2 is 1.88 bits per heavy atom. The van der Waals surface area contributed by atoms with Crippen LogP contribution in [0, 0.1) is 5.92 Å². The average Bonchev–Trinajstić information content (AvgIpc) is 2.95. The summed E-state index contributed by atoms with van der Waals surface area (Å²) in [7, 11) is 0. The largest absolute Gasteiger partial charge is 0.366 e. The number of primary amides is 1. The van der Waals surface area contributed by atoms with Crippen molar-refractivity contribution in [2.45, 2.75) is 25.9 Å². The third kappa shape index (κ3) is 4.91. The first-order chi connectivity index (χ1) is 12.1. The van der Waals surface area contributed by atoms with Crippen LogP contribution in [0.3, 0.4) is 0 Å². The Morgan fingerprint density at radius 1 is 1.12 bits per heavy atom. The molecule has 132 valence electrons. The number of carbonyl (C=O) groups excluding carboxylic acids is 1. The van der Waals surface area contributed by atoms with Crippen molar-refractivity contribution in [3.8, 4) is 0 Å². The molecule has 0 radical (unpaired) electrons. The Morgan fingerprint density at radius 3 is 2.64 bits per heavy atom. The van der Waals surface area contributed by atoms with Gasteiger partial charge in [0.1, 0.15) is 0 Å². The predicted octanol–water partition coefficient (Wildman–Crippen LogP) is 2.44. The minimum atomic E-state index is -0.365. The molecule has 1 aliphatic rings. The van der Waals surface area contributed by atoms with E-state index in [0.717, 1.165) is 38.2 Å². The zero-order chi connectivity index (χ0) is 17.6. The number of benzene rings is 2. The van der Waals surface area contributed by atoms with E-state index < -0.39 is 0 Å². The molecule has 25 heavy (non-hydrogen) atoms. The van der Waals surface area contributed by atoms with Crippen LogP contribution in [0.25, 0.3) is 0 Å². The van der Waals surface area contributed by atoms with Gasteiger partial charge in [0, 0.05) is 31.2 Å². The first kappa shape index (κ1) is 17.6. The lowest BCUT2D eigenvalue weighted by Crippen LogP contribution is -2.36. The maximum atomic E-state index is 11.3. The fraction of sp³-hybridized carbons (Fsp3) is 0.381. The fourth-order valence-corrected chi connectivity index (χ4v) is 3.59. The second kappa shape index (κ2) is 8.28. The Hall–Kier alpha value is -2.17. The van der Waals surface area contributed by atoms with Crippen molar-refractivity contribution in [1.82, 2.24) is 10.2 Å². The molecule has 2 aromatic carbocycles. The van der Waals surface area contributed by atoms with Gasteiger partial charge in [-0.15, -0.1) is 0 Å². The molecule has 0 bridgehead atoms. The van der Waals surface area contributed by atoms with E-state index in [1.807, 2.05) is 18.2 Å². The number of hydrogen-bond donors (Lipinski definition) is 2. The van der Waals surface area contributed by atoms with Crippen molar-refractivity contribution in [2.24, 2.45) is 11.7 Å². The van der Waals surface area contributed by atoms with Gasteiger partial charge in [0.05, 0.1) is 0 Å². The Balaban J connectivity index is 1.47. The number of nitrogens with zero attached hydrogens (tertiary/aromatic N) is 1. The number of nitrogens with one attached hydrogen (secondary N) is 1. The number of rotatable bonds is 7. The van der Waals surface area contributed by atoms with Crippen LogP contribution in [-0.4, -0.2) is 36.5 Å². The Kier molecular flexibility index (Phi) is 5.84. The van der Waals surface area contributed by atoms with Crippen molar-refractivity contribution in [3.05, 3.63) is 71.3 Å². The topological polar surface area (TPSA) is 58.4 Å². The SMILES string of the molecule is C[C@H]1CN(Cc2ccccc2)C[C@@H]1NCCc1cccc(C(N)=O)c1. The van der Waals surface area contributed by atoms with E-state index in [0.29, 0.717) is 17.5 Å². The summed E-state index contributed by atoms with van der Waals surface area (Å²) in [5.41, 5.74) is 8.45. The molecule has 3 rings (SSSR count). The Bertz CT molecular complexity index is 701. The number of hydrogen-bond acceptors (Lipinski definition) is 3. The molecular formula is C21H27N3O. The Labute approximate surface area is 150 Å². The summed E-state index contributed by atoms with van der Waals surface area (Å²) in [6.45, 7) is 6.46. The lowest BCUT2D eigenvalue weighted by atomic mass is 10.1. The summed E-state index contributed by atoms with van der Waals surface area (Å²) in [5, 5.41) is 3.69. The van der Waals surface area contributed by atoms with E-state index in [1.165, 1.54) is 5.56 Å². The van der Waals surface area contributed by atoms with E-state index in [4.69, 9.17) is 5.73 Å². The van der Waals surface area contributed by atoms with Crippen molar-refractivity contribution in [3.63, 3.8) is 0 Å². The standard InChI is InChI=1S/C21H27N3O/c1-16-13-24(14-18-6-3-2-4-7-18)15-20(16)23-11-10-17-8-5-9-19(12-17)21(22)25/h2-9,12,16,20,23H,10-11,13-15H2,1H3,(H2,22,25)/t16-,20-/m0/s1. The average molecular weight is 337 g/mol. The molecule has 2 atom stereocenters. The van der Waals surface area contributed by atoms with Crippen LogP contribution in [0.15, 0.2) is 54.6 Å². The molecule has 1 fully saturated rings. The monoisotopic (exact) mass is 337 g/mol. The number of amides is 1. The molecule has 4 nitrogen and oxygen atoms in total. The van der Waals surface area contributed by atoms with Crippen LogP contribution in [0.5, 0.6) is 0 Å². The van der Waals surface area contributed by atoms with E-state index >= 15 is 0 Å². The molecule has 1 saturated heterocycles. The lowest BCUT2D eigenvalue weighted by Gasteiger charge is -2.17. The van der Waals surface area contributed by atoms with Gasteiger partial charge in [-0.2, -0.15) is 0 Å². The third-order valence-corrected chi connectivity index (χ3v) is 4.97. The van der Waals surface area contributed by atoms with Crippen molar-refractivity contribution in [2.75, 3.05) is 19.6 Å². The van der Waals surface area contributed by atoms with E-state index in [2.05, 4.69) is 47.5 Å². The van der Waals surface area contributed by atoms with Crippen molar-refractivity contribution >= 4 is 5.91 Å². The van der Waals surface area contributed by atoms with Crippen molar-refractivity contribution in [1.29, 1.82) is 0 Å². The second-order valence-corrected chi connectivity index (χ2v) is 7.03. The highest BCUT2D eigenvalue weighted by atomic mass is 16.1. The lowest BCUT2D eigenvalue weighted by molar-refractivity contribution is 0.1000. The molecule has 0 spiro atoms. The zero-order valence-corrected chi connectivity index (χ0v) is 14.8. The zero-order valence-electron chi connectivity index (χ0n) is 14.8. The summed E-state index contributed by atoms with van der Waals surface area (Å²) in [5.74, 6) is 0.274. The van der Waals surface area contributed by atoms with Gasteiger partial charge in [0.2, 0.25) is 5.91 Å². The molecule has 0 aliphatic carbocycles. The molecule has 1 amide bonds. The van der Waals surface area contributed by atoms with E-state index in [1.54, 1.807) is 6.07 Å². The summed E-state index contributed by atoms with van der Waals surface area (Å²) in [6.07, 6.45) is 0.906. The van der Waals surface area contributed by atoms with Gasteiger partial charge in [-0.25, -0.2) is 0 Å². The van der Waals surface area contributed by atoms with Crippen LogP contribution >= 0.6 is 0 Å². The highest BCUT2D eigenvalue weighted by Gasteiger charge is 2.28. The minimum absolute atomic E-state index is 0.365. The van der Waals surface area contributed by atoms with Crippen LogP contribution < -0.4 is 11.1 Å².